The summed E-state index contributed by atoms with van der Waals surface area (Å²) < 4.78 is 30.0. The molecule has 2 atom stereocenters. The van der Waals surface area contributed by atoms with Crippen molar-refractivity contribution in [2.45, 2.75) is 51.3 Å². The summed E-state index contributed by atoms with van der Waals surface area (Å²) in [4.78, 5) is 17.1. The molecule has 0 spiro atoms. The van der Waals surface area contributed by atoms with Crippen molar-refractivity contribution in [1.82, 2.24) is 14.9 Å². The predicted molar refractivity (Wildman–Crippen MR) is 144 cm³/mol. The highest BCUT2D eigenvalue weighted by atomic mass is 32.2. The van der Waals surface area contributed by atoms with E-state index >= 15 is 0 Å². The van der Waals surface area contributed by atoms with E-state index in [1.807, 2.05) is 0 Å². The largest absolute Gasteiger partial charge is 0.496 e. The van der Waals surface area contributed by atoms with Gasteiger partial charge in [-0.05, 0) is 44.6 Å². The van der Waals surface area contributed by atoms with Crippen LogP contribution in [0.3, 0.4) is 0 Å². The maximum Gasteiger partial charge on any atom is 0.227 e. The normalized spacial score (nSPS) is 23.1. The van der Waals surface area contributed by atoms with Gasteiger partial charge in [0.25, 0.3) is 0 Å². The highest BCUT2D eigenvalue weighted by molar-refractivity contribution is 7.91. The Morgan fingerprint density at radius 2 is 1.83 bits per heavy atom. The Kier molecular flexibility index (Phi) is 7.14. The molecule has 0 amide bonds. The SMILES string of the molecule is COc1ccc(C)cc1CN1CCN(c2nc3c(c(N4CCC(S(C)(=O)=O)C4)n2)CCC(C)C3)CC1. The standard InChI is InChI=1S/C27H39N5O3S/c1-19-6-8-25(35-3)21(15-19)17-30-11-13-31(14-12-30)27-28-24-16-20(2)5-7-23(24)26(29-27)32-10-9-22(18-32)36(4,33)34/h6,8,15,20,22H,5,7,9-14,16-18H2,1-4H3. The molecule has 36 heavy (non-hydrogen) atoms. The van der Waals surface area contributed by atoms with Crippen LogP contribution in [0.4, 0.5) is 11.8 Å². The molecule has 5 rings (SSSR count). The number of rotatable bonds is 6. The first-order valence-corrected chi connectivity index (χ1v) is 15.1. The number of ether oxygens (including phenoxy) is 1. The zero-order valence-electron chi connectivity index (χ0n) is 22.0. The average Bonchev–Trinajstić information content (AvgIpc) is 3.35. The van der Waals surface area contributed by atoms with Crippen molar-refractivity contribution in [3.8, 4) is 5.75 Å². The van der Waals surface area contributed by atoms with Crippen LogP contribution in [0.25, 0.3) is 0 Å². The van der Waals surface area contributed by atoms with E-state index < -0.39 is 9.84 Å². The van der Waals surface area contributed by atoms with Crippen LogP contribution in [0.15, 0.2) is 18.2 Å². The molecular weight excluding hydrogens is 474 g/mol. The maximum absolute atomic E-state index is 12.2. The molecular formula is C27H39N5O3S. The van der Waals surface area contributed by atoms with Gasteiger partial charge in [-0.2, -0.15) is 4.98 Å². The number of anilines is 2. The number of aryl methyl sites for hydroxylation is 1. The van der Waals surface area contributed by atoms with E-state index in [0.29, 0.717) is 18.9 Å². The third-order valence-corrected chi connectivity index (χ3v) is 9.62. The Hall–Kier alpha value is -2.39. The van der Waals surface area contributed by atoms with Gasteiger partial charge < -0.3 is 14.5 Å². The zero-order valence-corrected chi connectivity index (χ0v) is 22.9. The number of fused-ring (bicyclic) bond motifs is 1. The molecule has 0 radical (unpaired) electrons. The summed E-state index contributed by atoms with van der Waals surface area (Å²) in [7, 11) is -1.32. The minimum Gasteiger partial charge on any atom is -0.496 e. The fourth-order valence-corrected chi connectivity index (χ4v) is 6.79. The molecule has 0 saturated carbocycles. The molecule has 1 aliphatic carbocycles. The van der Waals surface area contributed by atoms with Crippen molar-refractivity contribution >= 4 is 21.6 Å². The first-order chi connectivity index (χ1) is 17.2. The maximum atomic E-state index is 12.2. The van der Waals surface area contributed by atoms with E-state index in [0.717, 1.165) is 81.7 Å². The molecule has 0 N–H and O–H groups in total. The van der Waals surface area contributed by atoms with E-state index in [1.54, 1.807) is 7.11 Å². The van der Waals surface area contributed by atoms with Gasteiger partial charge in [-0.3, -0.25) is 4.90 Å². The number of nitrogens with zero attached hydrogens (tertiary/aromatic N) is 5. The number of hydrogen-bond acceptors (Lipinski definition) is 8. The summed E-state index contributed by atoms with van der Waals surface area (Å²) in [5, 5.41) is -0.309. The Morgan fingerprint density at radius 3 is 2.53 bits per heavy atom. The molecule has 2 fully saturated rings. The van der Waals surface area contributed by atoms with Crippen molar-refractivity contribution in [2.75, 3.05) is 62.4 Å². The second kappa shape index (κ2) is 10.2. The lowest BCUT2D eigenvalue weighted by atomic mass is 9.88. The summed E-state index contributed by atoms with van der Waals surface area (Å²) in [5.41, 5.74) is 4.86. The van der Waals surface area contributed by atoms with Crippen LogP contribution in [-0.2, 0) is 29.2 Å². The second-order valence-corrected chi connectivity index (χ2v) is 13.2. The van der Waals surface area contributed by atoms with Gasteiger partial charge in [0.2, 0.25) is 5.95 Å². The molecule has 2 unspecified atom stereocenters. The van der Waals surface area contributed by atoms with Gasteiger partial charge in [0.05, 0.1) is 18.1 Å². The number of methoxy groups -OCH3 is 1. The molecule has 9 heteroatoms. The van der Waals surface area contributed by atoms with Crippen molar-refractivity contribution in [3.63, 3.8) is 0 Å². The number of hydrogen-bond donors (Lipinski definition) is 0. The van der Waals surface area contributed by atoms with E-state index in [1.165, 1.54) is 22.9 Å². The van der Waals surface area contributed by atoms with E-state index in [9.17, 15) is 8.42 Å². The summed E-state index contributed by atoms with van der Waals surface area (Å²) in [5.74, 6) is 3.32. The molecule has 8 nitrogen and oxygen atoms in total. The van der Waals surface area contributed by atoms with Crippen LogP contribution in [0.5, 0.6) is 5.75 Å². The number of piperazine rings is 1. The van der Waals surface area contributed by atoms with Gasteiger partial charge >= 0.3 is 0 Å². The molecule has 2 aromatic rings. The van der Waals surface area contributed by atoms with Crippen LogP contribution in [0.1, 0.15) is 42.1 Å². The number of aromatic nitrogens is 2. The third kappa shape index (κ3) is 5.32. The lowest BCUT2D eigenvalue weighted by Crippen LogP contribution is -2.47. The summed E-state index contributed by atoms with van der Waals surface area (Å²) in [6, 6.07) is 6.35. The fourth-order valence-electron chi connectivity index (χ4n) is 5.80. The van der Waals surface area contributed by atoms with E-state index in [2.05, 4.69) is 46.7 Å². The second-order valence-electron chi connectivity index (χ2n) is 10.9. The van der Waals surface area contributed by atoms with Gasteiger partial charge in [-0.25, -0.2) is 13.4 Å². The highest BCUT2D eigenvalue weighted by Gasteiger charge is 2.34. The average molecular weight is 514 g/mol. The van der Waals surface area contributed by atoms with Gasteiger partial charge in [-0.15, -0.1) is 0 Å². The van der Waals surface area contributed by atoms with Crippen molar-refractivity contribution in [2.24, 2.45) is 5.92 Å². The molecule has 0 bridgehead atoms. The van der Waals surface area contributed by atoms with Crippen LogP contribution in [0, 0.1) is 12.8 Å². The first kappa shape index (κ1) is 25.3. The molecule has 2 saturated heterocycles. The van der Waals surface area contributed by atoms with E-state index in [-0.39, 0.29) is 5.25 Å². The van der Waals surface area contributed by atoms with Crippen LogP contribution >= 0.6 is 0 Å². The van der Waals surface area contributed by atoms with Gasteiger partial charge in [0.15, 0.2) is 9.84 Å². The molecule has 196 valence electrons. The van der Waals surface area contributed by atoms with Gasteiger partial charge in [0.1, 0.15) is 11.6 Å². The smallest absolute Gasteiger partial charge is 0.227 e. The Bertz CT molecular complexity index is 1210. The van der Waals surface area contributed by atoms with Crippen LogP contribution < -0.4 is 14.5 Å². The van der Waals surface area contributed by atoms with Crippen LogP contribution in [0.2, 0.25) is 0 Å². The molecule has 1 aromatic carbocycles. The topological polar surface area (TPSA) is 78.9 Å². The summed E-state index contributed by atoms with van der Waals surface area (Å²) in [6.45, 7) is 10.1. The summed E-state index contributed by atoms with van der Waals surface area (Å²) >= 11 is 0. The highest BCUT2D eigenvalue weighted by Crippen LogP contribution is 2.34. The number of benzene rings is 1. The zero-order chi connectivity index (χ0) is 25.4. The molecule has 3 heterocycles. The molecule has 1 aromatic heterocycles. The van der Waals surface area contributed by atoms with Gasteiger partial charge in [0, 0.05) is 63.2 Å². The van der Waals surface area contributed by atoms with Crippen molar-refractivity contribution in [1.29, 1.82) is 0 Å². The third-order valence-electron chi connectivity index (χ3n) is 8.02. The lowest BCUT2D eigenvalue weighted by Gasteiger charge is -2.36. The minimum atomic E-state index is -3.05. The lowest BCUT2D eigenvalue weighted by molar-refractivity contribution is 0.245. The predicted octanol–water partition coefficient (Wildman–Crippen LogP) is 2.86. The fraction of sp³-hybridized carbons (Fsp3) is 0.630. The van der Waals surface area contributed by atoms with Crippen molar-refractivity contribution in [3.05, 3.63) is 40.6 Å². The monoisotopic (exact) mass is 513 g/mol. The van der Waals surface area contributed by atoms with E-state index in [4.69, 9.17) is 14.7 Å². The molecule has 3 aliphatic rings. The Morgan fingerprint density at radius 1 is 1.06 bits per heavy atom. The van der Waals surface area contributed by atoms with Crippen LogP contribution in [-0.4, -0.2) is 81.2 Å². The Labute approximate surface area is 215 Å². The van der Waals surface area contributed by atoms with Crippen molar-refractivity contribution < 1.29 is 13.2 Å². The minimum absolute atomic E-state index is 0.309. The number of sulfone groups is 1. The summed E-state index contributed by atoms with van der Waals surface area (Å²) in [6.07, 6.45) is 5.10. The molecule has 2 aliphatic heterocycles. The quantitative estimate of drug-likeness (QED) is 0.584. The van der Waals surface area contributed by atoms with Gasteiger partial charge in [-0.1, -0.05) is 24.6 Å². The first-order valence-electron chi connectivity index (χ1n) is 13.2. The Balaban J connectivity index is 1.34.